The zero-order valence-corrected chi connectivity index (χ0v) is 17.0. The number of ether oxygens (including phenoxy) is 1. The number of nitrogens with zero attached hydrogens (tertiary/aromatic N) is 2. The van der Waals surface area contributed by atoms with Gasteiger partial charge in [0.15, 0.2) is 0 Å². The van der Waals surface area contributed by atoms with E-state index in [1.807, 2.05) is 0 Å². The predicted octanol–water partition coefficient (Wildman–Crippen LogP) is 4.51. The molecular weight excluding hydrogens is 423 g/mol. The lowest BCUT2D eigenvalue weighted by Crippen LogP contribution is -2.29. The Labute approximate surface area is 182 Å². The summed E-state index contributed by atoms with van der Waals surface area (Å²) >= 11 is 5.91. The second-order valence-corrected chi connectivity index (χ2v) is 7.16. The first kappa shape index (κ1) is 20.6. The van der Waals surface area contributed by atoms with Gasteiger partial charge >= 0.3 is 0 Å². The van der Waals surface area contributed by atoms with Crippen LogP contribution in [0.4, 0.5) is 10.1 Å². The maximum atomic E-state index is 13.7. The summed E-state index contributed by atoms with van der Waals surface area (Å²) in [6, 6.07) is 14.2. The number of hydrogen-bond donors (Lipinski definition) is 1. The average Bonchev–Trinajstić information content (AvgIpc) is 3.06. The molecule has 8 heteroatoms. The highest BCUT2D eigenvalue weighted by Gasteiger charge is 2.47. The lowest BCUT2D eigenvalue weighted by Gasteiger charge is -2.24. The van der Waals surface area contributed by atoms with Crippen LogP contribution in [-0.2, 0) is 9.59 Å². The fourth-order valence-corrected chi connectivity index (χ4v) is 3.65. The maximum absolute atomic E-state index is 13.7. The molecule has 6 nitrogen and oxygen atoms in total. The Morgan fingerprint density at radius 2 is 1.94 bits per heavy atom. The first-order valence-corrected chi connectivity index (χ1v) is 9.61. The van der Waals surface area contributed by atoms with E-state index in [9.17, 15) is 19.1 Å². The minimum absolute atomic E-state index is 0.141. The van der Waals surface area contributed by atoms with Gasteiger partial charge in [-0.2, -0.15) is 0 Å². The zero-order chi connectivity index (χ0) is 22.1. The summed E-state index contributed by atoms with van der Waals surface area (Å²) in [4.78, 5) is 31.5. The van der Waals surface area contributed by atoms with Crippen molar-refractivity contribution in [2.24, 2.45) is 0 Å². The van der Waals surface area contributed by atoms with Crippen molar-refractivity contribution in [2.75, 3.05) is 12.0 Å². The number of rotatable bonds is 4. The van der Waals surface area contributed by atoms with Crippen LogP contribution in [0.2, 0.25) is 5.02 Å². The van der Waals surface area contributed by atoms with Crippen LogP contribution in [0.15, 0.2) is 72.4 Å². The van der Waals surface area contributed by atoms with Gasteiger partial charge in [0, 0.05) is 17.4 Å². The highest BCUT2D eigenvalue weighted by molar-refractivity contribution is 6.51. The number of amides is 1. The molecule has 4 rings (SSSR count). The van der Waals surface area contributed by atoms with Crippen LogP contribution in [0.3, 0.4) is 0 Å². The summed E-state index contributed by atoms with van der Waals surface area (Å²) in [5, 5.41) is 10.8. The van der Waals surface area contributed by atoms with Crippen molar-refractivity contribution in [1.82, 2.24) is 4.98 Å². The standard InChI is InChI=1S/C23H16ClFN2O4/c1-31-15-6-4-5-13(11-15)21(28)19-20(18-7-2-3-10-26-18)27(23(30)22(19)29)14-8-9-17(25)16(24)12-14/h2-12,20,28H,1H3/b21-19+. The molecule has 0 saturated carbocycles. The molecule has 0 radical (unpaired) electrons. The minimum atomic E-state index is -1.03. The van der Waals surface area contributed by atoms with Gasteiger partial charge in [-0.15, -0.1) is 0 Å². The topological polar surface area (TPSA) is 79.7 Å². The van der Waals surface area contributed by atoms with Crippen LogP contribution in [0, 0.1) is 5.82 Å². The smallest absolute Gasteiger partial charge is 0.300 e. The molecule has 1 aromatic heterocycles. The molecule has 1 atom stereocenters. The van der Waals surface area contributed by atoms with E-state index >= 15 is 0 Å². The Kier molecular flexibility index (Phi) is 5.44. The number of pyridine rings is 1. The number of Topliss-reactive ketones (excluding diaryl/α,β-unsaturated/α-hetero) is 1. The summed E-state index contributed by atoms with van der Waals surface area (Å²) < 4.78 is 18.9. The molecule has 1 unspecified atom stereocenters. The molecule has 1 amide bonds. The minimum Gasteiger partial charge on any atom is -0.507 e. The fourth-order valence-electron chi connectivity index (χ4n) is 3.48. The number of carbonyl (C=O) groups is 2. The van der Waals surface area contributed by atoms with Crippen LogP contribution in [0.1, 0.15) is 17.3 Å². The lowest BCUT2D eigenvalue weighted by molar-refractivity contribution is -0.132. The number of aliphatic hydroxyl groups excluding tert-OH is 1. The number of methoxy groups -OCH3 is 1. The molecule has 1 saturated heterocycles. The van der Waals surface area contributed by atoms with Gasteiger partial charge in [-0.25, -0.2) is 4.39 Å². The Bertz CT molecular complexity index is 1210. The fraction of sp³-hybridized carbons (Fsp3) is 0.0870. The summed E-state index contributed by atoms with van der Waals surface area (Å²) in [6.45, 7) is 0. The van der Waals surface area contributed by atoms with E-state index in [1.165, 1.54) is 25.4 Å². The van der Waals surface area contributed by atoms with E-state index in [0.29, 0.717) is 17.0 Å². The summed E-state index contributed by atoms with van der Waals surface area (Å²) in [6.07, 6.45) is 1.51. The maximum Gasteiger partial charge on any atom is 0.300 e. The van der Waals surface area contributed by atoms with Gasteiger partial charge in [0.25, 0.3) is 11.7 Å². The second-order valence-electron chi connectivity index (χ2n) is 6.75. The SMILES string of the molecule is COc1cccc(/C(O)=C2\C(=O)C(=O)N(c3ccc(F)c(Cl)c3)C2c2ccccn2)c1. The molecule has 1 aliphatic rings. The van der Waals surface area contributed by atoms with Crippen molar-refractivity contribution in [1.29, 1.82) is 0 Å². The molecule has 2 heterocycles. The van der Waals surface area contributed by atoms with Gasteiger partial charge in [0.2, 0.25) is 0 Å². The van der Waals surface area contributed by atoms with Crippen LogP contribution in [-0.4, -0.2) is 28.9 Å². The first-order valence-electron chi connectivity index (χ1n) is 9.23. The van der Waals surface area contributed by atoms with Crippen molar-refractivity contribution in [3.8, 4) is 5.75 Å². The normalized spacial score (nSPS) is 17.8. The molecule has 1 N–H and O–H groups in total. The van der Waals surface area contributed by atoms with Crippen LogP contribution < -0.4 is 9.64 Å². The van der Waals surface area contributed by atoms with Gasteiger partial charge in [-0.1, -0.05) is 29.8 Å². The molecule has 156 valence electrons. The average molecular weight is 439 g/mol. The van der Waals surface area contributed by atoms with Crippen molar-refractivity contribution in [3.05, 3.63) is 94.5 Å². The molecular formula is C23H16ClFN2O4. The van der Waals surface area contributed by atoms with Gasteiger partial charge in [-0.05, 0) is 42.5 Å². The van der Waals surface area contributed by atoms with E-state index in [0.717, 1.165) is 11.0 Å². The van der Waals surface area contributed by atoms with Gasteiger partial charge in [0.1, 0.15) is 23.4 Å². The monoisotopic (exact) mass is 438 g/mol. The highest BCUT2D eigenvalue weighted by Crippen LogP contribution is 2.42. The first-order chi connectivity index (χ1) is 14.9. The molecule has 2 aromatic carbocycles. The predicted molar refractivity (Wildman–Crippen MR) is 113 cm³/mol. The number of aromatic nitrogens is 1. The number of ketones is 1. The van der Waals surface area contributed by atoms with Crippen molar-refractivity contribution >= 4 is 34.7 Å². The van der Waals surface area contributed by atoms with E-state index in [-0.39, 0.29) is 22.0 Å². The van der Waals surface area contributed by atoms with E-state index in [1.54, 1.807) is 42.5 Å². The molecule has 1 fully saturated rings. The lowest BCUT2D eigenvalue weighted by atomic mass is 9.98. The van der Waals surface area contributed by atoms with Crippen LogP contribution >= 0.6 is 11.6 Å². The summed E-state index contributed by atoms with van der Waals surface area (Å²) in [7, 11) is 1.48. The van der Waals surface area contributed by atoms with Crippen molar-refractivity contribution < 1.29 is 23.8 Å². The van der Waals surface area contributed by atoms with Gasteiger partial charge in [-0.3, -0.25) is 19.5 Å². The van der Waals surface area contributed by atoms with Crippen molar-refractivity contribution in [2.45, 2.75) is 6.04 Å². The van der Waals surface area contributed by atoms with Gasteiger partial charge < -0.3 is 9.84 Å². The molecule has 3 aromatic rings. The van der Waals surface area contributed by atoms with E-state index < -0.39 is 23.5 Å². The van der Waals surface area contributed by atoms with E-state index in [4.69, 9.17) is 16.3 Å². The third-order valence-electron chi connectivity index (χ3n) is 4.94. The Balaban J connectivity index is 1.94. The number of carbonyl (C=O) groups excluding carboxylic acids is 2. The van der Waals surface area contributed by atoms with Crippen LogP contribution in [0.25, 0.3) is 5.76 Å². The number of hydrogen-bond acceptors (Lipinski definition) is 5. The van der Waals surface area contributed by atoms with Gasteiger partial charge in [0.05, 0.1) is 23.4 Å². The summed E-state index contributed by atoms with van der Waals surface area (Å²) in [5.74, 6) is -2.34. The summed E-state index contributed by atoms with van der Waals surface area (Å²) in [5.41, 5.74) is 0.716. The zero-order valence-electron chi connectivity index (χ0n) is 16.3. The Morgan fingerprint density at radius 3 is 2.61 bits per heavy atom. The molecule has 1 aliphatic heterocycles. The molecule has 0 bridgehead atoms. The van der Waals surface area contributed by atoms with Crippen molar-refractivity contribution in [3.63, 3.8) is 0 Å². The third kappa shape index (κ3) is 3.64. The third-order valence-corrected chi connectivity index (χ3v) is 5.23. The number of benzene rings is 2. The Morgan fingerprint density at radius 1 is 1.13 bits per heavy atom. The van der Waals surface area contributed by atoms with E-state index in [2.05, 4.69) is 4.98 Å². The molecule has 0 aliphatic carbocycles. The second kappa shape index (κ2) is 8.20. The highest BCUT2D eigenvalue weighted by atomic mass is 35.5. The number of aliphatic hydroxyl groups is 1. The quantitative estimate of drug-likeness (QED) is 0.368. The molecule has 31 heavy (non-hydrogen) atoms. The number of halogens is 2. The molecule has 0 spiro atoms. The Hall–Kier alpha value is -3.71. The van der Waals surface area contributed by atoms with Crippen LogP contribution in [0.5, 0.6) is 5.75 Å². The number of anilines is 1. The largest absolute Gasteiger partial charge is 0.507 e.